The summed E-state index contributed by atoms with van der Waals surface area (Å²) in [6.07, 6.45) is 4.45. The van der Waals surface area contributed by atoms with E-state index < -0.39 is 0 Å². The normalized spacial score (nSPS) is 12.6. The lowest BCUT2D eigenvalue weighted by Gasteiger charge is -2.17. The van der Waals surface area contributed by atoms with Crippen LogP contribution in [0.15, 0.2) is 36.7 Å². The monoisotopic (exact) mass is 249 g/mol. The van der Waals surface area contributed by atoms with E-state index in [9.17, 15) is 0 Å². The molecule has 3 nitrogen and oxygen atoms in total. The molecule has 1 heterocycles. The van der Waals surface area contributed by atoms with Crippen molar-refractivity contribution >= 4 is 11.6 Å². The number of hydrogen-bond donors (Lipinski definition) is 2. The zero-order valence-electron chi connectivity index (χ0n) is 9.78. The first-order valence-electron chi connectivity index (χ1n) is 5.76. The largest absolute Gasteiger partial charge is 0.349 e. The highest BCUT2D eigenvalue weighted by Crippen LogP contribution is 2.20. The standard InChI is InChI=1S/C13H16ClN3/c1-2-15-12(9-13-16-6-7-17-13)10-4-3-5-11(14)8-10/h3-8,12,15H,2,9H2,1H3,(H,16,17). The Morgan fingerprint density at radius 1 is 1.47 bits per heavy atom. The molecule has 1 unspecified atom stereocenters. The average Bonchev–Trinajstić information content (AvgIpc) is 2.81. The van der Waals surface area contributed by atoms with Gasteiger partial charge in [0.05, 0.1) is 0 Å². The summed E-state index contributed by atoms with van der Waals surface area (Å²) in [6.45, 7) is 3.01. The molecule has 0 aliphatic heterocycles. The van der Waals surface area contributed by atoms with Crippen LogP contribution in [0, 0.1) is 0 Å². The van der Waals surface area contributed by atoms with E-state index in [0.29, 0.717) is 0 Å². The number of likely N-dealkylation sites (N-methyl/N-ethyl adjacent to an activating group) is 1. The number of aromatic nitrogens is 2. The number of aromatic amines is 1. The van der Waals surface area contributed by atoms with Crippen LogP contribution in [0.1, 0.15) is 24.4 Å². The Balaban J connectivity index is 2.16. The minimum atomic E-state index is 0.241. The van der Waals surface area contributed by atoms with E-state index in [2.05, 4.69) is 28.3 Å². The quantitative estimate of drug-likeness (QED) is 0.855. The maximum absolute atomic E-state index is 6.02. The molecule has 0 aliphatic carbocycles. The molecule has 0 spiro atoms. The third kappa shape index (κ3) is 3.32. The maximum atomic E-state index is 6.02. The van der Waals surface area contributed by atoms with Crippen molar-refractivity contribution in [3.8, 4) is 0 Å². The first kappa shape index (κ1) is 12.1. The Labute approximate surface area is 106 Å². The molecule has 0 fully saturated rings. The fraction of sp³-hybridized carbons (Fsp3) is 0.308. The summed E-state index contributed by atoms with van der Waals surface area (Å²) in [5.41, 5.74) is 1.19. The van der Waals surface area contributed by atoms with Crippen LogP contribution in [0.5, 0.6) is 0 Å². The second-order valence-electron chi connectivity index (χ2n) is 3.91. The summed E-state index contributed by atoms with van der Waals surface area (Å²) in [4.78, 5) is 7.38. The topological polar surface area (TPSA) is 40.7 Å². The fourth-order valence-corrected chi connectivity index (χ4v) is 2.08. The number of hydrogen-bond acceptors (Lipinski definition) is 2. The van der Waals surface area contributed by atoms with E-state index in [-0.39, 0.29) is 6.04 Å². The number of benzene rings is 1. The Bertz CT molecular complexity index is 453. The molecule has 0 radical (unpaired) electrons. The predicted molar refractivity (Wildman–Crippen MR) is 70.2 cm³/mol. The van der Waals surface area contributed by atoms with Crippen LogP contribution >= 0.6 is 11.6 Å². The first-order chi connectivity index (χ1) is 8.29. The van der Waals surface area contributed by atoms with Gasteiger partial charge in [0.25, 0.3) is 0 Å². The smallest absolute Gasteiger partial charge is 0.107 e. The zero-order chi connectivity index (χ0) is 12.1. The van der Waals surface area contributed by atoms with E-state index in [1.165, 1.54) is 5.56 Å². The molecule has 2 N–H and O–H groups in total. The lowest BCUT2D eigenvalue weighted by Crippen LogP contribution is -2.23. The third-order valence-corrected chi connectivity index (χ3v) is 2.89. The summed E-state index contributed by atoms with van der Waals surface area (Å²) in [7, 11) is 0. The summed E-state index contributed by atoms with van der Waals surface area (Å²) in [5, 5.41) is 4.21. The number of nitrogens with one attached hydrogen (secondary N) is 2. The number of rotatable bonds is 5. The van der Waals surface area contributed by atoms with Crippen molar-refractivity contribution in [1.29, 1.82) is 0 Å². The molecule has 0 aliphatic rings. The number of halogens is 1. The summed E-state index contributed by atoms with van der Waals surface area (Å²) in [5.74, 6) is 0.982. The summed E-state index contributed by atoms with van der Waals surface area (Å²) in [6, 6.07) is 8.19. The molecule has 0 saturated heterocycles. The Kier molecular flexibility index (Phi) is 4.18. The van der Waals surface area contributed by atoms with E-state index >= 15 is 0 Å². The Hall–Kier alpha value is -1.32. The Morgan fingerprint density at radius 3 is 3.00 bits per heavy atom. The van der Waals surface area contributed by atoms with Crippen LogP contribution in [-0.4, -0.2) is 16.5 Å². The van der Waals surface area contributed by atoms with Gasteiger partial charge in [0.15, 0.2) is 0 Å². The molecule has 0 saturated carbocycles. The van der Waals surface area contributed by atoms with Crippen molar-refractivity contribution in [3.05, 3.63) is 53.1 Å². The minimum Gasteiger partial charge on any atom is -0.349 e. The zero-order valence-corrected chi connectivity index (χ0v) is 10.5. The molecule has 1 atom stereocenters. The van der Waals surface area contributed by atoms with E-state index in [0.717, 1.165) is 23.8 Å². The number of H-pyrrole nitrogens is 1. The van der Waals surface area contributed by atoms with Crippen molar-refractivity contribution in [2.45, 2.75) is 19.4 Å². The van der Waals surface area contributed by atoms with Gasteiger partial charge in [0, 0.05) is 29.9 Å². The van der Waals surface area contributed by atoms with Gasteiger partial charge < -0.3 is 10.3 Å². The number of nitrogens with zero attached hydrogens (tertiary/aromatic N) is 1. The van der Waals surface area contributed by atoms with Gasteiger partial charge >= 0.3 is 0 Å². The van der Waals surface area contributed by atoms with Gasteiger partial charge in [-0.15, -0.1) is 0 Å². The van der Waals surface area contributed by atoms with Gasteiger partial charge in [-0.05, 0) is 24.2 Å². The second-order valence-corrected chi connectivity index (χ2v) is 4.34. The van der Waals surface area contributed by atoms with Gasteiger partial charge in [0.2, 0.25) is 0 Å². The van der Waals surface area contributed by atoms with Crippen molar-refractivity contribution in [1.82, 2.24) is 15.3 Å². The molecular weight excluding hydrogens is 234 g/mol. The van der Waals surface area contributed by atoms with E-state index in [1.807, 2.05) is 24.4 Å². The fourth-order valence-electron chi connectivity index (χ4n) is 1.88. The van der Waals surface area contributed by atoms with Crippen LogP contribution in [0.25, 0.3) is 0 Å². The second kappa shape index (κ2) is 5.84. The van der Waals surface area contributed by atoms with Gasteiger partial charge in [0.1, 0.15) is 5.82 Å². The van der Waals surface area contributed by atoms with E-state index in [4.69, 9.17) is 11.6 Å². The van der Waals surface area contributed by atoms with Crippen molar-refractivity contribution in [3.63, 3.8) is 0 Å². The lowest BCUT2D eigenvalue weighted by molar-refractivity contribution is 0.539. The van der Waals surface area contributed by atoms with Crippen LogP contribution < -0.4 is 5.32 Å². The molecule has 0 bridgehead atoms. The molecule has 2 rings (SSSR count). The molecule has 2 aromatic rings. The first-order valence-corrected chi connectivity index (χ1v) is 6.14. The van der Waals surface area contributed by atoms with Crippen LogP contribution in [0.4, 0.5) is 0 Å². The average molecular weight is 250 g/mol. The van der Waals surface area contributed by atoms with Crippen molar-refractivity contribution in [2.75, 3.05) is 6.54 Å². The predicted octanol–water partition coefficient (Wildman–Crippen LogP) is 2.96. The molecule has 1 aromatic heterocycles. The number of imidazole rings is 1. The highest BCUT2D eigenvalue weighted by molar-refractivity contribution is 6.30. The summed E-state index contributed by atoms with van der Waals surface area (Å²) < 4.78 is 0. The van der Waals surface area contributed by atoms with Gasteiger partial charge in [-0.25, -0.2) is 4.98 Å². The minimum absolute atomic E-state index is 0.241. The molecule has 17 heavy (non-hydrogen) atoms. The van der Waals surface area contributed by atoms with Gasteiger partial charge in [-0.1, -0.05) is 30.7 Å². The SMILES string of the molecule is CCNC(Cc1ncc[nH]1)c1cccc(Cl)c1. The van der Waals surface area contributed by atoms with Crippen molar-refractivity contribution in [2.24, 2.45) is 0 Å². The lowest BCUT2D eigenvalue weighted by atomic mass is 10.0. The van der Waals surface area contributed by atoms with Crippen LogP contribution in [0.3, 0.4) is 0 Å². The highest BCUT2D eigenvalue weighted by atomic mass is 35.5. The maximum Gasteiger partial charge on any atom is 0.107 e. The molecule has 0 amide bonds. The third-order valence-electron chi connectivity index (χ3n) is 2.65. The Morgan fingerprint density at radius 2 is 2.35 bits per heavy atom. The molecular formula is C13H16ClN3. The van der Waals surface area contributed by atoms with Gasteiger partial charge in [-0.2, -0.15) is 0 Å². The van der Waals surface area contributed by atoms with Crippen molar-refractivity contribution < 1.29 is 0 Å². The molecule has 90 valence electrons. The van der Waals surface area contributed by atoms with Crippen LogP contribution in [0.2, 0.25) is 5.02 Å². The molecule has 1 aromatic carbocycles. The summed E-state index contributed by atoms with van der Waals surface area (Å²) >= 11 is 6.02. The molecule has 4 heteroatoms. The van der Waals surface area contributed by atoms with Crippen LogP contribution in [-0.2, 0) is 6.42 Å². The van der Waals surface area contributed by atoms with E-state index in [1.54, 1.807) is 6.20 Å². The highest BCUT2D eigenvalue weighted by Gasteiger charge is 2.12. The van der Waals surface area contributed by atoms with Gasteiger partial charge in [-0.3, -0.25) is 0 Å².